The standard InChI is InChI=1S/C9H6N4O2S/c14-13(15)9-10-6-8(16-9)12-11-7-4-2-1-3-5-7/h1-6H. The number of rotatable bonds is 3. The molecule has 80 valence electrons. The Labute approximate surface area is 94.4 Å². The van der Waals surface area contributed by atoms with Crippen LogP contribution in [0.25, 0.3) is 0 Å². The van der Waals surface area contributed by atoms with Crippen LogP contribution in [0.5, 0.6) is 0 Å². The molecule has 1 heterocycles. The molecule has 2 rings (SSSR count). The third-order valence-corrected chi connectivity index (χ3v) is 2.49. The molecule has 2 aromatic rings. The molecule has 0 bridgehead atoms. The van der Waals surface area contributed by atoms with Gasteiger partial charge >= 0.3 is 5.13 Å². The summed E-state index contributed by atoms with van der Waals surface area (Å²) < 4.78 is 0. The summed E-state index contributed by atoms with van der Waals surface area (Å²) in [5.74, 6) is 0. The summed E-state index contributed by atoms with van der Waals surface area (Å²) in [4.78, 5) is 13.4. The number of nitro groups is 1. The molecule has 0 aliphatic heterocycles. The molecule has 0 aliphatic carbocycles. The first-order valence-electron chi connectivity index (χ1n) is 4.33. The third kappa shape index (κ3) is 2.45. The van der Waals surface area contributed by atoms with Crippen LogP contribution in [0.3, 0.4) is 0 Å². The van der Waals surface area contributed by atoms with Crippen LogP contribution in [-0.2, 0) is 0 Å². The fraction of sp³-hybridized carbons (Fsp3) is 0. The number of nitrogens with zero attached hydrogens (tertiary/aromatic N) is 4. The van der Waals surface area contributed by atoms with Gasteiger partial charge in [-0.3, -0.25) is 0 Å². The van der Waals surface area contributed by atoms with Gasteiger partial charge in [0, 0.05) is 0 Å². The van der Waals surface area contributed by atoms with Gasteiger partial charge in [0.05, 0.1) is 5.69 Å². The summed E-state index contributed by atoms with van der Waals surface area (Å²) in [6.07, 6.45) is 1.33. The zero-order valence-corrected chi connectivity index (χ0v) is 8.79. The van der Waals surface area contributed by atoms with E-state index < -0.39 is 4.92 Å². The van der Waals surface area contributed by atoms with E-state index in [0.717, 1.165) is 11.3 Å². The molecule has 0 aliphatic rings. The summed E-state index contributed by atoms with van der Waals surface area (Å²) in [5.41, 5.74) is 0.693. The van der Waals surface area contributed by atoms with Gasteiger partial charge in [0.1, 0.15) is 0 Å². The first kappa shape index (κ1) is 10.4. The SMILES string of the molecule is O=[N+]([O-])c1ncc(N=Nc2ccccc2)s1. The fourth-order valence-electron chi connectivity index (χ4n) is 0.989. The van der Waals surface area contributed by atoms with Crippen molar-refractivity contribution < 1.29 is 4.92 Å². The Morgan fingerprint density at radius 2 is 2.00 bits per heavy atom. The van der Waals surface area contributed by atoms with Crippen molar-refractivity contribution in [1.82, 2.24) is 4.98 Å². The normalized spacial score (nSPS) is 10.8. The molecule has 6 nitrogen and oxygen atoms in total. The largest absolute Gasteiger partial charge is 0.425 e. The van der Waals surface area contributed by atoms with Crippen LogP contribution in [0, 0.1) is 10.1 Å². The van der Waals surface area contributed by atoms with Crippen LogP contribution in [0.1, 0.15) is 0 Å². The Morgan fingerprint density at radius 1 is 1.25 bits per heavy atom. The summed E-state index contributed by atoms with van der Waals surface area (Å²) in [7, 11) is 0. The highest BCUT2D eigenvalue weighted by Gasteiger charge is 2.11. The van der Waals surface area contributed by atoms with E-state index in [4.69, 9.17) is 0 Å². The molecule has 0 N–H and O–H groups in total. The van der Waals surface area contributed by atoms with Gasteiger partial charge in [-0.05, 0) is 33.4 Å². The Kier molecular flexibility index (Phi) is 2.97. The van der Waals surface area contributed by atoms with Gasteiger partial charge in [-0.25, -0.2) is 0 Å². The lowest BCUT2D eigenvalue weighted by molar-refractivity contribution is -0.384. The maximum atomic E-state index is 10.4. The minimum atomic E-state index is -0.549. The van der Waals surface area contributed by atoms with Gasteiger partial charge in [-0.1, -0.05) is 18.2 Å². The Balaban J connectivity index is 2.15. The zero-order chi connectivity index (χ0) is 11.4. The number of hydrogen-bond acceptors (Lipinski definition) is 6. The highest BCUT2D eigenvalue weighted by Crippen LogP contribution is 2.28. The van der Waals surface area contributed by atoms with E-state index in [9.17, 15) is 10.1 Å². The lowest BCUT2D eigenvalue weighted by atomic mass is 10.3. The summed E-state index contributed by atoms with van der Waals surface area (Å²) >= 11 is 0.890. The second-order valence-corrected chi connectivity index (χ2v) is 3.76. The van der Waals surface area contributed by atoms with E-state index in [2.05, 4.69) is 15.2 Å². The molecule has 16 heavy (non-hydrogen) atoms. The lowest BCUT2D eigenvalue weighted by Crippen LogP contribution is -1.83. The third-order valence-electron chi connectivity index (χ3n) is 1.66. The molecule has 0 radical (unpaired) electrons. The van der Waals surface area contributed by atoms with E-state index in [1.807, 2.05) is 18.2 Å². The van der Waals surface area contributed by atoms with Crippen LogP contribution >= 0.6 is 11.3 Å². The Morgan fingerprint density at radius 3 is 2.62 bits per heavy atom. The Hall–Kier alpha value is -2.15. The quantitative estimate of drug-likeness (QED) is 0.463. The van der Waals surface area contributed by atoms with Gasteiger partial charge in [0.15, 0.2) is 11.2 Å². The van der Waals surface area contributed by atoms with Crippen LogP contribution in [0.2, 0.25) is 0 Å². The summed E-state index contributed by atoms with van der Waals surface area (Å²) in [5, 5.41) is 18.4. The second kappa shape index (κ2) is 4.58. The van der Waals surface area contributed by atoms with Crippen molar-refractivity contribution in [3.8, 4) is 0 Å². The van der Waals surface area contributed by atoms with Crippen LogP contribution in [-0.4, -0.2) is 9.91 Å². The van der Waals surface area contributed by atoms with E-state index in [1.54, 1.807) is 12.1 Å². The number of aromatic nitrogens is 1. The van der Waals surface area contributed by atoms with Crippen molar-refractivity contribution >= 4 is 27.2 Å². The molecule has 0 saturated carbocycles. The highest BCUT2D eigenvalue weighted by atomic mass is 32.1. The van der Waals surface area contributed by atoms with E-state index in [-0.39, 0.29) is 5.13 Å². The smallest absolute Gasteiger partial charge is 0.357 e. The van der Waals surface area contributed by atoms with Crippen molar-refractivity contribution in [2.75, 3.05) is 0 Å². The number of azo groups is 1. The molecule has 0 atom stereocenters. The van der Waals surface area contributed by atoms with Gasteiger partial charge in [0.25, 0.3) is 0 Å². The van der Waals surface area contributed by atoms with Crippen molar-refractivity contribution in [2.24, 2.45) is 10.2 Å². The summed E-state index contributed by atoms with van der Waals surface area (Å²) in [6, 6.07) is 9.13. The predicted octanol–water partition coefficient (Wildman–Crippen LogP) is 3.47. The Bertz CT molecular complexity index is 523. The van der Waals surface area contributed by atoms with Crippen molar-refractivity contribution in [2.45, 2.75) is 0 Å². The highest BCUT2D eigenvalue weighted by molar-refractivity contribution is 7.18. The molecule has 0 amide bonds. The van der Waals surface area contributed by atoms with Crippen LogP contribution in [0.4, 0.5) is 15.8 Å². The lowest BCUT2D eigenvalue weighted by Gasteiger charge is -1.87. The molecular formula is C9H6N4O2S. The number of thiazole rings is 1. The molecule has 0 spiro atoms. The monoisotopic (exact) mass is 234 g/mol. The molecule has 0 unspecified atom stereocenters. The number of hydrogen-bond donors (Lipinski definition) is 0. The first-order valence-corrected chi connectivity index (χ1v) is 5.14. The average molecular weight is 234 g/mol. The maximum Gasteiger partial charge on any atom is 0.425 e. The molecule has 1 aromatic carbocycles. The van der Waals surface area contributed by atoms with Gasteiger partial charge < -0.3 is 10.1 Å². The van der Waals surface area contributed by atoms with Gasteiger partial charge in [0.2, 0.25) is 0 Å². The summed E-state index contributed by atoms with van der Waals surface area (Å²) in [6.45, 7) is 0. The predicted molar refractivity (Wildman–Crippen MR) is 59.4 cm³/mol. The van der Waals surface area contributed by atoms with E-state index >= 15 is 0 Å². The molecule has 1 aromatic heterocycles. The van der Waals surface area contributed by atoms with Crippen LogP contribution in [0.15, 0.2) is 46.8 Å². The maximum absolute atomic E-state index is 10.4. The molecule has 0 saturated heterocycles. The van der Waals surface area contributed by atoms with Gasteiger partial charge in [-0.15, -0.1) is 10.2 Å². The van der Waals surface area contributed by atoms with Crippen LogP contribution < -0.4 is 0 Å². The topological polar surface area (TPSA) is 80.8 Å². The number of benzene rings is 1. The second-order valence-electron chi connectivity index (χ2n) is 2.77. The minimum absolute atomic E-state index is 0.179. The fourth-order valence-corrected chi connectivity index (χ4v) is 1.54. The first-order chi connectivity index (χ1) is 7.75. The van der Waals surface area contributed by atoms with E-state index in [1.165, 1.54) is 6.20 Å². The molecular weight excluding hydrogens is 228 g/mol. The average Bonchev–Trinajstić information content (AvgIpc) is 2.76. The molecule has 7 heteroatoms. The zero-order valence-electron chi connectivity index (χ0n) is 7.98. The minimum Gasteiger partial charge on any atom is -0.357 e. The van der Waals surface area contributed by atoms with Crippen molar-refractivity contribution in [1.29, 1.82) is 0 Å². The van der Waals surface area contributed by atoms with Crippen molar-refractivity contribution in [3.63, 3.8) is 0 Å². The molecule has 0 fully saturated rings. The van der Waals surface area contributed by atoms with Crippen molar-refractivity contribution in [3.05, 3.63) is 46.6 Å². The van der Waals surface area contributed by atoms with Gasteiger partial charge in [-0.2, -0.15) is 0 Å². The van der Waals surface area contributed by atoms with E-state index in [0.29, 0.717) is 10.7 Å².